The van der Waals surface area contributed by atoms with E-state index in [2.05, 4.69) is 9.71 Å². The lowest BCUT2D eigenvalue weighted by molar-refractivity contribution is 0.545. The van der Waals surface area contributed by atoms with Crippen LogP contribution >= 0.6 is 0 Å². The van der Waals surface area contributed by atoms with E-state index in [4.69, 9.17) is 0 Å². The van der Waals surface area contributed by atoms with Gasteiger partial charge in [0.15, 0.2) is 0 Å². The molecule has 0 saturated carbocycles. The predicted octanol–water partition coefficient (Wildman–Crippen LogP) is 3.81. The normalized spacial score (nSPS) is 11.5. The Bertz CT molecular complexity index is 1050. The Morgan fingerprint density at radius 3 is 2.62 bits per heavy atom. The van der Waals surface area contributed by atoms with Crippen molar-refractivity contribution < 1.29 is 17.2 Å². The standard InChI is InChI=1S/C19H16F2N2O2S/c1-13-4-2-5-14(10-13)19-15(6-3-9-22-19)12-23-26(24,25)18-11-16(20)7-8-17(18)21/h2-11,23H,12H2,1H3. The summed E-state index contributed by atoms with van der Waals surface area (Å²) in [7, 11) is -4.21. The molecule has 0 atom stereocenters. The van der Waals surface area contributed by atoms with Crippen molar-refractivity contribution >= 4 is 10.0 Å². The van der Waals surface area contributed by atoms with Crippen molar-refractivity contribution in [3.8, 4) is 11.3 Å². The molecule has 0 aliphatic heterocycles. The molecule has 0 bridgehead atoms. The summed E-state index contributed by atoms with van der Waals surface area (Å²) in [5, 5.41) is 0. The van der Waals surface area contributed by atoms with E-state index in [0.717, 1.165) is 23.3 Å². The third kappa shape index (κ3) is 3.95. The van der Waals surface area contributed by atoms with Crippen LogP contribution in [-0.4, -0.2) is 13.4 Å². The molecule has 7 heteroatoms. The number of nitrogens with zero attached hydrogens (tertiary/aromatic N) is 1. The summed E-state index contributed by atoms with van der Waals surface area (Å²) < 4.78 is 54.1. The highest BCUT2D eigenvalue weighted by molar-refractivity contribution is 7.89. The minimum absolute atomic E-state index is 0.102. The molecule has 0 saturated heterocycles. The van der Waals surface area contributed by atoms with Gasteiger partial charge in [0.05, 0.1) is 5.69 Å². The highest BCUT2D eigenvalue weighted by Gasteiger charge is 2.20. The maximum atomic E-state index is 13.8. The van der Waals surface area contributed by atoms with Gasteiger partial charge in [0.25, 0.3) is 0 Å². The summed E-state index contributed by atoms with van der Waals surface area (Å²) in [4.78, 5) is 3.60. The number of rotatable bonds is 5. The molecule has 0 amide bonds. The van der Waals surface area contributed by atoms with Crippen LogP contribution < -0.4 is 4.72 Å². The fraction of sp³-hybridized carbons (Fsp3) is 0.105. The van der Waals surface area contributed by atoms with Crippen molar-refractivity contribution in [2.45, 2.75) is 18.4 Å². The van der Waals surface area contributed by atoms with Crippen LogP contribution in [-0.2, 0) is 16.6 Å². The van der Waals surface area contributed by atoms with Crippen molar-refractivity contribution in [1.82, 2.24) is 9.71 Å². The van der Waals surface area contributed by atoms with Crippen LogP contribution in [0, 0.1) is 18.6 Å². The molecule has 0 aliphatic rings. The Morgan fingerprint density at radius 1 is 1.04 bits per heavy atom. The van der Waals surface area contributed by atoms with Gasteiger partial charge in [-0.05, 0) is 42.8 Å². The maximum Gasteiger partial charge on any atom is 0.243 e. The van der Waals surface area contributed by atoms with Crippen LogP contribution in [0.5, 0.6) is 0 Å². The summed E-state index contributed by atoms with van der Waals surface area (Å²) in [6, 6.07) is 13.4. The van der Waals surface area contributed by atoms with E-state index in [1.807, 2.05) is 31.2 Å². The Balaban J connectivity index is 1.90. The van der Waals surface area contributed by atoms with Crippen molar-refractivity contribution in [3.63, 3.8) is 0 Å². The number of sulfonamides is 1. The number of hydrogen-bond donors (Lipinski definition) is 1. The average Bonchev–Trinajstić information content (AvgIpc) is 2.62. The Kier molecular flexibility index (Phi) is 5.11. The van der Waals surface area contributed by atoms with Gasteiger partial charge in [0.2, 0.25) is 10.0 Å². The largest absolute Gasteiger partial charge is 0.256 e. The van der Waals surface area contributed by atoms with Gasteiger partial charge in [0.1, 0.15) is 16.5 Å². The van der Waals surface area contributed by atoms with E-state index in [1.165, 1.54) is 0 Å². The second-order valence-electron chi connectivity index (χ2n) is 5.78. The van der Waals surface area contributed by atoms with E-state index < -0.39 is 26.6 Å². The highest BCUT2D eigenvalue weighted by atomic mass is 32.2. The molecule has 1 aromatic heterocycles. The Labute approximate surface area is 150 Å². The monoisotopic (exact) mass is 374 g/mol. The molecular formula is C19H16F2N2O2S. The smallest absolute Gasteiger partial charge is 0.243 e. The molecule has 0 unspecified atom stereocenters. The first kappa shape index (κ1) is 18.2. The summed E-state index contributed by atoms with van der Waals surface area (Å²) in [5.74, 6) is -1.84. The van der Waals surface area contributed by atoms with E-state index >= 15 is 0 Å². The molecule has 1 N–H and O–H groups in total. The van der Waals surface area contributed by atoms with Gasteiger partial charge >= 0.3 is 0 Å². The Morgan fingerprint density at radius 2 is 1.85 bits per heavy atom. The first-order chi connectivity index (χ1) is 12.4. The zero-order valence-corrected chi connectivity index (χ0v) is 14.7. The molecule has 0 fully saturated rings. The lowest BCUT2D eigenvalue weighted by Crippen LogP contribution is -2.24. The summed E-state index contributed by atoms with van der Waals surface area (Å²) >= 11 is 0. The molecular weight excluding hydrogens is 358 g/mol. The molecule has 26 heavy (non-hydrogen) atoms. The van der Waals surface area contributed by atoms with Gasteiger partial charge in [-0.2, -0.15) is 0 Å². The van der Waals surface area contributed by atoms with Crippen LogP contribution in [0.4, 0.5) is 8.78 Å². The summed E-state index contributed by atoms with van der Waals surface area (Å²) in [6.07, 6.45) is 1.61. The van der Waals surface area contributed by atoms with Crippen molar-refractivity contribution in [3.05, 3.63) is 83.6 Å². The SMILES string of the molecule is Cc1cccc(-c2ncccc2CNS(=O)(=O)c2cc(F)ccc2F)c1. The van der Waals surface area contributed by atoms with Gasteiger partial charge in [-0.3, -0.25) is 4.98 Å². The van der Waals surface area contributed by atoms with Gasteiger partial charge in [-0.1, -0.05) is 29.8 Å². The van der Waals surface area contributed by atoms with Crippen molar-refractivity contribution in [1.29, 1.82) is 0 Å². The first-order valence-corrected chi connectivity index (χ1v) is 9.31. The second-order valence-corrected chi connectivity index (χ2v) is 7.52. The number of nitrogens with one attached hydrogen (secondary N) is 1. The van der Waals surface area contributed by atoms with Crippen molar-refractivity contribution in [2.75, 3.05) is 0 Å². The first-order valence-electron chi connectivity index (χ1n) is 7.82. The fourth-order valence-electron chi connectivity index (χ4n) is 2.57. The summed E-state index contributed by atoms with van der Waals surface area (Å²) in [5.41, 5.74) is 3.13. The predicted molar refractivity (Wildman–Crippen MR) is 94.8 cm³/mol. The number of hydrogen-bond acceptors (Lipinski definition) is 3. The maximum absolute atomic E-state index is 13.8. The number of pyridine rings is 1. The van der Waals surface area contributed by atoms with E-state index in [9.17, 15) is 17.2 Å². The summed E-state index contributed by atoms with van der Waals surface area (Å²) in [6.45, 7) is 1.84. The van der Waals surface area contributed by atoms with E-state index in [-0.39, 0.29) is 6.54 Å². The zero-order chi connectivity index (χ0) is 18.7. The molecule has 134 valence electrons. The van der Waals surface area contributed by atoms with E-state index in [0.29, 0.717) is 17.3 Å². The van der Waals surface area contributed by atoms with Crippen LogP contribution in [0.1, 0.15) is 11.1 Å². The van der Waals surface area contributed by atoms with Gasteiger partial charge < -0.3 is 0 Å². The molecule has 1 heterocycles. The van der Waals surface area contributed by atoms with Crippen LogP contribution in [0.15, 0.2) is 65.7 Å². The third-order valence-electron chi connectivity index (χ3n) is 3.82. The van der Waals surface area contributed by atoms with Crippen LogP contribution in [0.25, 0.3) is 11.3 Å². The molecule has 4 nitrogen and oxygen atoms in total. The van der Waals surface area contributed by atoms with Gasteiger partial charge in [-0.15, -0.1) is 0 Å². The number of aryl methyl sites for hydroxylation is 1. The van der Waals surface area contributed by atoms with Gasteiger partial charge in [0, 0.05) is 18.3 Å². The minimum Gasteiger partial charge on any atom is -0.256 e. The second kappa shape index (κ2) is 7.31. The molecule has 3 rings (SSSR count). The average molecular weight is 374 g/mol. The van der Waals surface area contributed by atoms with Crippen molar-refractivity contribution in [2.24, 2.45) is 0 Å². The molecule has 0 spiro atoms. The molecule has 0 aliphatic carbocycles. The highest BCUT2D eigenvalue weighted by Crippen LogP contribution is 2.23. The van der Waals surface area contributed by atoms with Crippen LogP contribution in [0.3, 0.4) is 0 Å². The quantitative estimate of drug-likeness (QED) is 0.739. The van der Waals surface area contributed by atoms with Crippen LogP contribution in [0.2, 0.25) is 0 Å². The Hall–Kier alpha value is -2.64. The molecule has 3 aromatic rings. The topological polar surface area (TPSA) is 59.1 Å². The number of benzene rings is 2. The molecule has 2 aromatic carbocycles. The van der Waals surface area contributed by atoms with E-state index in [1.54, 1.807) is 18.3 Å². The lowest BCUT2D eigenvalue weighted by atomic mass is 10.0. The molecule has 0 radical (unpaired) electrons. The number of aromatic nitrogens is 1. The fourth-order valence-corrected chi connectivity index (χ4v) is 3.66. The van der Waals surface area contributed by atoms with Gasteiger partial charge in [-0.25, -0.2) is 21.9 Å². The number of halogens is 2. The lowest BCUT2D eigenvalue weighted by Gasteiger charge is -2.11. The zero-order valence-electron chi connectivity index (χ0n) is 13.9. The minimum atomic E-state index is -4.21. The third-order valence-corrected chi connectivity index (χ3v) is 5.23.